The molecule has 1 fully saturated rings. The Morgan fingerprint density at radius 2 is 1.58 bits per heavy atom. The molecule has 3 aliphatic carbocycles. The van der Waals surface area contributed by atoms with Gasteiger partial charge in [-0.2, -0.15) is 5.10 Å². The molecule has 1 saturated heterocycles. The predicted octanol–water partition coefficient (Wildman–Crippen LogP) is 4.58. The molecule has 0 unspecified atom stereocenters. The number of phenolic OH excluding ortho intramolecular Hbond substituents is 1. The first-order valence-corrected chi connectivity index (χ1v) is 13.7. The van der Waals surface area contributed by atoms with Gasteiger partial charge in [0.15, 0.2) is 0 Å². The first-order chi connectivity index (χ1) is 20.7. The molecule has 2 atom stereocenters. The highest BCUT2D eigenvalue weighted by Crippen LogP contribution is 2.63. The van der Waals surface area contributed by atoms with Crippen molar-refractivity contribution >= 4 is 35.3 Å². The summed E-state index contributed by atoms with van der Waals surface area (Å²) in [7, 11) is 0. The van der Waals surface area contributed by atoms with Crippen LogP contribution >= 0.6 is 0 Å². The summed E-state index contributed by atoms with van der Waals surface area (Å²) >= 11 is 0. The Morgan fingerprint density at radius 3 is 2.21 bits per heavy atom. The third-order valence-corrected chi connectivity index (χ3v) is 8.85. The molecular weight excluding hydrogens is 548 g/mol. The van der Waals surface area contributed by atoms with Crippen LogP contribution in [-0.4, -0.2) is 34.0 Å². The van der Waals surface area contributed by atoms with Crippen molar-refractivity contribution in [1.29, 1.82) is 0 Å². The largest absolute Gasteiger partial charge is 0.507 e. The van der Waals surface area contributed by atoms with E-state index < -0.39 is 33.8 Å². The highest BCUT2D eigenvalue weighted by Gasteiger charge is 2.68. The molecule has 4 aromatic rings. The second-order valence-corrected chi connectivity index (χ2v) is 11.0. The zero-order valence-corrected chi connectivity index (χ0v) is 22.8. The van der Waals surface area contributed by atoms with Gasteiger partial charge in [0.1, 0.15) is 5.75 Å². The maximum atomic E-state index is 14.4. The number of rotatable bonds is 5. The van der Waals surface area contributed by atoms with Crippen LogP contribution in [0.1, 0.15) is 44.1 Å². The standard InChI is InChI=1S/C33H24N4O6/c1-18-10-12-19(13-11-18)36-31(40)28-27-21-6-2-4-8-24(21)33(29(28)32(36)41,25-9-5-3-7-22(25)27)17-34-35-30(39)23-16-20(37(42)43)14-15-26(23)38/h2-17,27-29,38H,1H3,(H,35,39)/b34-17-/t27?,28-,29-,33?/m0/s1. The SMILES string of the molecule is Cc1ccc(N2C(=O)[C@@H]3[C@@H](C2=O)C2c4ccccc4C3(/C=N\NC(=O)c3cc([N+](=O)[O-])ccc3O)c3ccccc32)cc1. The predicted molar refractivity (Wildman–Crippen MR) is 157 cm³/mol. The second-order valence-electron chi connectivity index (χ2n) is 11.0. The average molecular weight is 573 g/mol. The number of carbonyl (C=O) groups excluding carboxylic acids is 3. The lowest BCUT2D eigenvalue weighted by molar-refractivity contribution is -0.384. The van der Waals surface area contributed by atoms with E-state index in [4.69, 9.17) is 0 Å². The van der Waals surface area contributed by atoms with Gasteiger partial charge in [0.05, 0.1) is 33.4 Å². The number of non-ortho nitro benzene ring substituents is 1. The van der Waals surface area contributed by atoms with Gasteiger partial charge in [-0.15, -0.1) is 0 Å². The number of aryl methyl sites for hydroxylation is 1. The van der Waals surface area contributed by atoms with Crippen LogP contribution in [0.15, 0.2) is 96.1 Å². The van der Waals surface area contributed by atoms with Gasteiger partial charge in [0.25, 0.3) is 11.6 Å². The van der Waals surface area contributed by atoms with Crippen molar-refractivity contribution in [3.05, 3.63) is 134 Å². The first-order valence-electron chi connectivity index (χ1n) is 13.7. The van der Waals surface area contributed by atoms with Crippen LogP contribution in [0.3, 0.4) is 0 Å². The zero-order valence-electron chi connectivity index (χ0n) is 22.8. The smallest absolute Gasteiger partial charge is 0.275 e. The van der Waals surface area contributed by atoms with Crippen LogP contribution in [0, 0.1) is 28.9 Å². The van der Waals surface area contributed by atoms with E-state index in [2.05, 4.69) is 10.5 Å². The number of hydrogen-bond acceptors (Lipinski definition) is 7. The van der Waals surface area contributed by atoms with Crippen LogP contribution in [0.5, 0.6) is 5.75 Å². The van der Waals surface area contributed by atoms with Crippen LogP contribution in [0.25, 0.3) is 0 Å². The average Bonchev–Trinajstić information content (AvgIpc) is 3.28. The second kappa shape index (κ2) is 9.45. The number of nitrogens with one attached hydrogen (secondary N) is 1. The number of hydrazone groups is 1. The normalized spacial score (nSPS) is 23.2. The van der Waals surface area contributed by atoms with Gasteiger partial charge in [-0.05, 0) is 47.4 Å². The zero-order chi connectivity index (χ0) is 30.0. The highest BCUT2D eigenvalue weighted by atomic mass is 16.6. The Labute approximate surface area is 245 Å². The van der Waals surface area contributed by atoms with E-state index in [0.717, 1.165) is 46.0 Å². The Morgan fingerprint density at radius 1 is 0.953 bits per heavy atom. The van der Waals surface area contributed by atoms with Crippen LogP contribution < -0.4 is 10.3 Å². The van der Waals surface area contributed by atoms with E-state index in [0.29, 0.717) is 5.69 Å². The molecular formula is C33H24N4O6. The summed E-state index contributed by atoms with van der Waals surface area (Å²) in [6.07, 6.45) is 1.49. The lowest BCUT2D eigenvalue weighted by Crippen LogP contribution is -2.54. The molecule has 1 heterocycles. The summed E-state index contributed by atoms with van der Waals surface area (Å²) in [5.41, 5.74) is 5.39. The number of nitro groups is 1. The molecule has 0 spiro atoms. The molecule has 2 N–H and O–H groups in total. The van der Waals surface area contributed by atoms with E-state index in [1.165, 1.54) is 11.1 Å². The summed E-state index contributed by atoms with van der Waals surface area (Å²) in [6, 6.07) is 25.6. The Balaban J connectivity index is 1.37. The topological polar surface area (TPSA) is 142 Å². The quantitative estimate of drug-likeness (QED) is 0.155. The van der Waals surface area contributed by atoms with E-state index in [1.807, 2.05) is 67.6 Å². The van der Waals surface area contributed by atoms with Gasteiger partial charge < -0.3 is 5.11 Å². The van der Waals surface area contributed by atoms with Crippen molar-refractivity contribution in [2.45, 2.75) is 18.3 Å². The van der Waals surface area contributed by atoms with Gasteiger partial charge in [-0.25, -0.2) is 10.3 Å². The van der Waals surface area contributed by atoms with Gasteiger partial charge in [0.2, 0.25) is 11.8 Å². The molecule has 1 aliphatic heterocycles. The van der Waals surface area contributed by atoms with Crippen molar-refractivity contribution in [3.8, 4) is 5.75 Å². The molecule has 4 aliphatic rings. The van der Waals surface area contributed by atoms with Crippen LogP contribution in [0.2, 0.25) is 0 Å². The summed E-state index contributed by atoms with van der Waals surface area (Å²) < 4.78 is 0. The monoisotopic (exact) mass is 572 g/mol. The molecule has 4 aromatic carbocycles. The summed E-state index contributed by atoms with van der Waals surface area (Å²) in [6.45, 7) is 1.93. The number of aromatic hydroxyl groups is 1. The van der Waals surface area contributed by atoms with Gasteiger partial charge in [0, 0.05) is 24.3 Å². The fraction of sp³-hybridized carbons (Fsp3) is 0.152. The molecule has 43 heavy (non-hydrogen) atoms. The molecule has 8 rings (SSSR count). The number of benzene rings is 4. The first kappa shape index (κ1) is 26.3. The fourth-order valence-corrected chi connectivity index (χ4v) is 7.07. The molecule has 0 aromatic heterocycles. The summed E-state index contributed by atoms with van der Waals surface area (Å²) in [4.78, 5) is 53.4. The fourth-order valence-electron chi connectivity index (χ4n) is 7.07. The van der Waals surface area contributed by atoms with Gasteiger partial charge >= 0.3 is 0 Å². The maximum absolute atomic E-state index is 14.4. The number of carbonyl (C=O) groups is 3. The number of nitro benzene ring substituents is 1. The third-order valence-electron chi connectivity index (χ3n) is 8.85. The van der Waals surface area contributed by atoms with E-state index >= 15 is 0 Å². The molecule has 10 heteroatoms. The minimum Gasteiger partial charge on any atom is -0.507 e. The minimum absolute atomic E-state index is 0.295. The van der Waals surface area contributed by atoms with E-state index in [1.54, 1.807) is 12.1 Å². The van der Waals surface area contributed by atoms with E-state index in [-0.39, 0.29) is 29.0 Å². The Hall–Kier alpha value is -5.64. The highest BCUT2D eigenvalue weighted by molar-refractivity contribution is 6.25. The van der Waals surface area contributed by atoms with Crippen molar-refractivity contribution in [2.75, 3.05) is 4.90 Å². The van der Waals surface area contributed by atoms with Crippen molar-refractivity contribution < 1.29 is 24.4 Å². The number of imide groups is 1. The van der Waals surface area contributed by atoms with Crippen molar-refractivity contribution in [2.24, 2.45) is 16.9 Å². The van der Waals surface area contributed by atoms with Crippen molar-refractivity contribution in [1.82, 2.24) is 5.43 Å². The Kier molecular flexibility index (Phi) is 5.77. The number of phenols is 1. The molecule has 10 nitrogen and oxygen atoms in total. The van der Waals surface area contributed by atoms with Crippen LogP contribution in [0.4, 0.5) is 11.4 Å². The van der Waals surface area contributed by atoms with Crippen LogP contribution in [-0.2, 0) is 15.0 Å². The number of amides is 3. The van der Waals surface area contributed by atoms with E-state index in [9.17, 15) is 29.6 Å². The lowest BCUT2D eigenvalue weighted by Gasteiger charge is -2.52. The summed E-state index contributed by atoms with van der Waals surface area (Å²) in [5.74, 6) is -3.87. The Bertz CT molecular complexity index is 1850. The molecule has 2 bridgehead atoms. The maximum Gasteiger partial charge on any atom is 0.275 e. The van der Waals surface area contributed by atoms with Crippen molar-refractivity contribution in [3.63, 3.8) is 0 Å². The van der Waals surface area contributed by atoms with Gasteiger partial charge in [-0.1, -0.05) is 66.2 Å². The molecule has 0 radical (unpaired) electrons. The number of hydrogen-bond donors (Lipinski definition) is 2. The third kappa shape index (κ3) is 3.66. The molecule has 0 saturated carbocycles. The lowest BCUT2D eigenvalue weighted by atomic mass is 9.47. The molecule has 3 amide bonds. The molecule has 212 valence electrons. The number of anilines is 1. The van der Waals surface area contributed by atoms with Gasteiger partial charge in [-0.3, -0.25) is 24.5 Å². The summed E-state index contributed by atoms with van der Waals surface area (Å²) in [5, 5.41) is 25.7. The minimum atomic E-state index is -1.21. The number of nitrogens with zero attached hydrogens (tertiary/aromatic N) is 3.